The molecule has 0 aliphatic carbocycles. The van der Waals surface area contributed by atoms with E-state index in [9.17, 15) is 14.4 Å². The number of carbonyl (C=O) groups is 3. The summed E-state index contributed by atoms with van der Waals surface area (Å²) in [5.41, 5.74) is -2.50. The molecule has 0 radical (unpaired) electrons. The van der Waals surface area contributed by atoms with Gasteiger partial charge in [-0.05, 0) is 109 Å². The standard InChI is InChI=1S/C48H32O6/c1-2-48(45(49)52-42-21-9-18-36-24-30-12-3-6-15-33(30)27-39(36)42,46(50)53-43-22-10-19-37-25-31-13-4-7-16-34(31)28-40(37)43)47(51)54-44-23-11-20-38-26-32-14-5-8-17-35(32)29-41(38)44/h3-29H,2H2,1H3. The van der Waals surface area contributed by atoms with Crippen molar-refractivity contribution in [3.8, 4) is 17.2 Å². The van der Waals surface area contributed by atoms with Gasteiger partial charge in [0.25, 0.3) is 5.41 Å². The molecule has 0 heterocycles. The van der Waals surface area contributed by atoms with Crippen LogP contribution in [0.4, 0.5) is 0 Å². The normalized spacial score (nSPS) is 11.7. The summed E-state index contributed by atoms with van der Waals surface area (Å²) in [5, 5.41) is 10.3. The van der Waals surface area contributed by atoms with Gasteiger partial charge in [-0.3, -0.25) is 0 Å². The lowest BCUT2D eigenvalue weighted by molar-refractivity contribution is -0.171. The zero-order valence-electron chi connectivity index (χ0n) is 29.2. The average Bonchev–Trinajstić information content (AvgIpc) is 3.19. The van der Waals surface area contributed by atoms with Crippen molar-refractivity contribution in [3.05, 3.63) is 164 Å². The van der Waals surface area contributed by atoms with Gasteiger partial charge in [-0.2, -0.15) is 0 Å². The first kappa shape index (κ1) is 32.8. The molecular weight excluding hydrogens is 673 g/mol. The molecule has 0 N–H and O–H groups in total. The number of rotatable bonds is 7. The Morgan fingerprint density at radius 3 is 0.907 bits per heavy atom. The Morgan fingerprint density at radius 2 is 0.630 bits per heavy atom. The molecule has 0 spiro atoms. The molecule has 0 saturated heterocycles. The predicted molar refractivity (Wildman–Crippen MR) is 214 cm³/mol. The number of esters is 3. The highest BCUT2D eigenvalue weighted by Gasteiger charge is 2.57. The van der Waals surface area contributed by atoms with E-state index < -0.39 is 23.3 Å². The highest BCUT2D eigenvalue weighted by Crippen LogP contribution is 2.38. The quantitative estimate of drug-likeness (QED) is 0.0711. The van der Waals surface area contributed by atoms with Crippen molar-refractivity contribution in [3.63, 3.8) is 0 Å². The molecule has 0 saturated carbocycles. The summed E-state index contributed by atoms with van der Waals surface area (Å²) >= 11 is 0. The largest absolute Gasteiger partial charge is 0.425 e. The topological polar surface area (TPSA) is 78.9 Å². The molecule has 6 nitrogen and oxygen atoms in total. The summed E-state index contributed by atoms with van der Waals surface area (Å²) < 4.78 is 18.3. The minimum absolute atomic E-state index is 0.204. The van der Waals surface area contributed by atoms with E-state index in [-0.39, 0.29) is 23.7 Å². The molecular formula is C48H32O6. The van der Waals surface area contributed by atoms with E-state index in [0.717, 1.165) is 48.5 Å². The Labute approximate surface area is 310 Å². The van der Waals surface area contributed by atoms with Crippen LogP contribution in [0.3, 0.4) is 0 Å². The highest BCUT2D eigenvalue weighted by atomic mass is 16.6. The Bertz CT molecular complexity index is 2660. The van der Waals surface area contributed by atoms with Gasteiger partial charge in [0.15, 0.2) is 0 Å². The Balaban J connectivity index is 1.15. The Hall–Kier alpha value is -7.05. The first-order valence-corrected chi connectivity index (χ1v) is 17.8. The second-order valence-corrected chi connectivity index (χ2v) is 13.5. The molecule has 0 fully saturated rings. The van der Waals surface area contributed by atoms with Crippen molar-refractivity contribution in [2.24, 2.45) is 5.41 Å². The van der Waals surface area contributed by atoms with Crippen LogP contribution in [-0.4, -0.2) is 17.9 Å². The van der Waals surface area contributed by atoms with Gasteiger partial charge >= 0.3 is 17.9 Å². The van der Waals surface area contributed by atoms with Crippen LogP contribution in [0.15, 0.2) is 164 Å². The van der Waals surface area contributed by atoms with Gasteiger partial charge in [-0.25, -0.2) is 14.4 Å². The molecule has 9 aromatic rings. The summed E-state index contributed by atoms with van der Waals surface area (Å²) in [6.45, 7) is 1.58. The minimum Gasteiger partial charge on any atom is -0.425 e. The monoisotopic (exact) mass is 704 g/mol. The van der Waals surface area contributed by atoms with E-state index in [0.29, 0.717) is 16.2 Å². The third kappa shape index (κ3) is 5.56. The fourth-order valence-corrected chi connectivity index (χ4v) is 7.33. The lowest BCUT2D eigenvalue weighted by Gasteiger charge is -2.26. The highest BCUT2D eigenvalue weighted by molar-refractivity contribution is 6.20. The van der Waals surface area contributed by atoms with Crippen molar-refractivity contribution in [1.82, 2.24) is 0 Å². The Kier molecular flexibility index (Phi) is 8.01. The number of carbonyl (C=O) groups excluding carboxylic acids is 3. The van der Waals surface area contributed by atoms with Gasteiger partial charge in [0.2, 0.25) is 0 Å². The predicted octanol–water partition coefficient (Wildman–Crippen LogP) is 11.1. The Morgan fingerprint density at radius 1 is 0.370 bits per heavy atom. The molecule has 0 aliphatic rings. The zero-order valence-corrected chi connectivity index (χ0v) is 29.2. The third-order valence-corrected chi connectivity index (χ3v) is 10.3. The maximum Gasteiger partial charge on any atom is 0.340 e. The second kappa shape index (κ2) is 13.2. The van der Waals surface area contributed by atoms with E-state index in [4.69, 9.17) is 14.2 Å². The van der Waals surface area contributed by atoms with Crippen LogP contribution < -0.4 is 14.2 Å². The van der Waals surface area contributed by atoms with Crippen molar-refractivity contribution >= 4 is 82.5 Å². The van der Waals surface area contributed by atoms with Crippen molar-refractivity contribution in [2.75, 3.05) is 0 Å². The smallest absolute Gasteiger partial charge is 0.340 e. The second-order valence-electron chi connectivity index (χ2n) is 13.5. The van der Waals surface area contributed by atoms with Crippen LogP contribution in [0.5, 0.6) is 17.2 Å². The fourth-order valence-electron chi connectivity index (χ4n) is 7.33. The van der Waals surface area contributed by atoms with E-state index >= 15 is 0 Å². The van der Waals surface area contributed by atoms with Gasteiger partial charge < -0.3 is 14.2 Å². The van der Waals surface area contributed by atoms with Gasteiger partial charge in [-0.15, -0.1) is 0 Å². The first-order chi connectivity index (χ1) is 26.4. The number of ether oxygens (including phenoxy) is 3. The third-order valence-electron chi connectivity index (χ3n) is 10.3. The van der Waals surface area contributed by atoms with Gasteiger partial charge in [0, 0.05) is 16.2 Å². The molecule has 9 aromatic carbocycles. The number of fused-ring (bicyclic) bond motifs is 6. The molecule has 0 atom stereocenters. The van der Waals surface area contributed by atoms with Crippen LogP contribution in [0.2, 0.25) is 0 Å². The van der Waals surface area contributed by atoms with E-state index in [1.165, 1.54) is 0 Å². The van der Waals surface area contributed by atoms with Gasteiger partial charge in [0.05, 0.1) is 0 Å². The van der Waals surface area contributed by atoms with E-state index in [1.54, 1.807) is 43.3 Å². The lowest BCUT2D eigenvalue weighted by Crippen LogP contribution is -2.52. The van der Waals surface area contributed by atoms with Gasteiger partial charge in [0.1, 0.15) is 17.2 Å². The number of hydrogen-bond donors (Lipinski definition) is 0. The minimum atomic E-state index is -2.50. The molecule has 260 valence electrons. The molecule has 0 unspecified atom stereocenters. The molecule has 0 aliphatic heterocycles. The fraction of sp³-hybridized carbons (Fsp3) is 0.0625. The van der Waals surface area contributed by atoms with E-state index in [1.807, 2.05) is 127 Å². The molecule has 9 rings (SSSR count). The van der Waals surface area contributed by atoms with Crippen LogP contribution in [0, 0.1) is 5.41 Å². The van der Waals surface area contributed by atoms with Crippen molar-refractivity contribution < 1.29 is 28.6 Å². The maximum absolute atomic E-state index is 14.7. The summed E-state index contributed by atoms with van der Waals surface area (Å²) in [6, 6.07) is 51.4. The summed E-state index contributed by atoms with van der Waals surface area (Å²) in [5.74, 6) is -2.69. The molecule has 0 aromatic heterocycles. The summed E-state index contributed by atoms with van der Waals surface area (Å²) in [4.78, 5) is 44.1. The SMILES string of the molecule is CCC(C(=O)Oc1cccc2cc3ccccc3cc12)(C(=O)Oc1cccc2cc3ccccc3cc12)C(=O)Oc1cccc2cc3ccccc3cc12. The van der Waals surface area contributed by atoms with Gasteiger partial charge in [-0.1, -0.05) is 116 Å². The first-order valence-electron chi connectivity index (χ1n) is 17.8. The molecule has 0 amide bonds. The van der Waals surface area contributed by atoms with Crippen molar-refractivity contribution in [1.29, 1.82) is 0 Å². The summed E-state index contributed by atoms with van der Waals surface area (Å²) in [7, 11) is 0. The van der Waals surface area contributed by atoms with E-state index in [2.05, 4.69) is 0 Å². The number of hydrogen-bond acceptors (Lipinski definition) is 6. The zero-order chi connectivity index (χ0) is 36.8. The number of benzene rings is 9. The average molecular weight is 705 g/mol. The van der Waals surface area contributed by atoms with Crippen LogP contribution >= 0.6 is 0 Å². The summed E-state index contributed by atoms with van der Waals surface area (Å²) in [6.07, 6.45) is -0.293. The lowest BCUT2D eigenvalue weighted by atomic mass is 9.85. The van der Waals surface area contributed by atoms with Crippen LogP contribution in [0.1, 0.15) is 13.3 Å². The molecule has 6 heteroatoms. The maximum atomic E-state index is 14.7. The molecule has 54 heavy (non-hydrogen) atoms. The molecule has 0 bridgehead atoms. The van der Waals surface area contributed by atoms with Crippen molar-refractivity contribution in [2.45, 2.75) is 13.3 Å². The van der Waals surface area contributed by atoms with Crippen LogP contribution in [0.25, 0.3) is 64.6 Å². The van der Waals surface area contributed by atoms with Crippen LogP contribution in [-0.2, 0) is 14.4 Å².